The molecule has 2 aromatic carbocycles. The second kappa shape index (κ2) is 10.1. The lowest BCUT2D eigenvalue weighted by atomic mass is 9.83. The average Bonchev–Trinajstić information content (AvgIpc) is 3.16. The Balaban J connectivity index is 2.10. The van der Waals surface area contributed by atoms with Crippen LogP contribution in [0, 0.1) is 0 Å². The standard InChI is InChI=1S/C25H20Cl2N2O5S/c1-3-34-25(32)19-18(14-6-10-16(27)11-7-14)20(24(31)33-2)23-29(21(19)28)22(30)17(35-23)12-13-4-8-15(26)9-5-13/h4-12,18H,3,28H2,1-2H3/b17-12-/t18-/m1/s1. The minimum absolute atomic E-state index is 0.0278. The van der Waals surface area contributed by atoms with Crippen molar-refractivity contribution in [2.45, 2.75) is 12.8 Å². The van der Waals surface area contributed by atoms with Crippen molar-refractivity contribution in [1.29, 1.82) is 0 Å². The highest BCUT2D eigenvalue weighted by atomic mass is 35.5. The molecule has 3 aromatic rings. The van der Waals surface area contributed by atoms with Gasteiger partial charge in [0, 0.05) is 10.0 Å². The number of nitrogens with two attached hydrogens (primary N) is 1. The molecule has 1 aromatic heterocycles. The number of nitrogens with zero attached hydrogens (tertiary/aromatic N) is 1. The van der Waals surface area contributed by atoms with Crippen LogP contribution in [0.2, 0.25) is 10.0 Å². The molecule has 0 fully saturated rings. The van der Waals surface area contributed by atoms with Crippen LogP contribution >= 0.6 is 34.5 Å². The fourth-order valence-electron chi connectivity index (χ4n) is 3.86. The summed E-state index contributed by atoms with van der Waals surface area (Å²) in [6.45, 7) is 1.73. The minimum Gasteiger partial charge on any atom is -0.466 e. The minimum atomic E-state index is -0.930. The molecule has 1 aliphatic heterocycles. The molecule has 1 atom stereocenters. The molecule has 2 N–H and O–H groups in total. The summed E-state index contributed by atoms with van der Waals surface area (Å²) in [4.78, 5) is 39.6. The third kappa shape index (κ3) is 4.65. The van der Waals surface area contributed by atoms with Crippen LogP contribution in [-0.2, 0) is 19.1 Å². The zero-order valence-corrected chi connectivity index (χ0v) is 21.0. The summed E-state index contributed by atoms with van der Waals surface area (Å²) in [5.74, 6) is -2.48. The summed E-state index contributed by atoms with van der Waals surface area (Å²) in [6.07, 6.45) is 1.66. The first-order valence-corrected chi connectivity index (χ1v) is 12.1. The van der Waals surface area contributed by atoms with Crippen LogP contribution in [0.3, 0.4) is 0 Å². The van der Waals surface area contributed by atoms with E-state index in [9.17, 15) is 14.4 Å². The summed E-state index contributed by atoms with van der Waals surface area (Å²) in [6, 6.07) is 13.6. The first-order chi connectivity index (χ1) is 16.8. The zero-order valence-electron chi connectivity index (χ0n) is 18.7. The predicted molar refractivity (Wildman–Crippen MR) is 137 cm³/mol. The van der Waals surface area contributed by atoms with Crippen molar-refractivity contribution in [3.05, 3.63) is 94.8 Å². The number of hydrogen-bond acceptors (Lipinski definition) is 7. The highest BCUT2D eigenvalue weighted by Gasteiger charge is 2.39. The number of halogens is 2. The second-order valence-electron chi connectivity index (χ2n) is 7.52. The lowest BCUT2D eigenvalue weighted by molar-refractivity contribution is -0.138. The first kappa shape index (κ1) is 24.8. The molecule has 0 radical (unpaired) electrons. The summed E-state index contributed by atoms with van der Waals surface area (Å²) < 4.78 is 12.1. The van der Waals surface area contributed by atoms with Crippen molar-refractivity contribution in [2.75, 3.05) is 13.7 Å². The van der Waals surface area contributed by atoms with Gasteiger partial charge in [-0.25, -0.2) is 9.59 Å². The van der Waals surface area contributed by atoms with Gasteiger partial charge < -0.3 is 15.2 Å². The van der Waals surface area contributed by atoms with Crippen molar-refractivity contribution < 1.29 is 19.1 Å². The van der Waals surface area contributed by atoms with Crippen LogP contribution in [0.15, 0.2) is 58.9 Å². The van der Waals surface area contributed by atoms with E-state index in [2.05, 4.69) is 0 Å². The van der Waals surface area contributed by atoms with Crippen LogP contribution in [0.5, 0.6) is 0 Å². The van der Waals surface area contributed by atoms with E-state index in [1.54, 1.807) is 61.5 Å². The fraction of sp³-hybridized carbons (Fsp3) is 0.160. The summed E-state index contributed by atoms with van der Waals surface area (Å²) >= 11 is 13.1. The third-order valence-corrected chi connectivity index (χ3v) is 7.03. The zero-order chi connectivity index (χ0) is 25.3. The number of fused-ring (bicyclic) bond motifs is 1. The van der Waals surface area contributed by atoms with Crippen molar-refractivity contribution in [3.8, 4) is 0 Å². The van der Waals surface area contributed by atoms with Gasteiger partial charge in [-0.3, -0.25) is 9.36 Å². The second-order valence-corrected chi connectivity index (χ2v) is 9.42. The van der Waals surface area contributed by atoms with Crippen LogP contribution in [0.4, 0.5) is 0 Å². The van der Waals surface area contributed by atoms with Gasteiger partial charge in [0.15, 0.2) is 0 Å². The van der Waals surface area contributed by atoms with E-state index >= 15 is 0 Å². The number of rotatable bonds is 5. The Morgan fingerprint density at radius 3 is 2.20 bits per heavy atom. The molecule has 0 unspecified atom stereocenters. The molecule has 0 spiro atoms. The number of hydrogen-bond donors (Lipinski definition) is 1. The molecule has 0 saturated carbocycles. The lowest BCUT2D eigenvalue weighted by Gasteiger charge is -2.26. The van der Waals surface area contributed by atoms with Crippen molar-refractivity contribution in [1.82, 2.24) is 4.57 Å². The maximum Gasteiger partial charge on any atom is 0.338 e. The number of carbonyl (C=O) groups is 2. The number of esters is 2. The number of methoxy groups -OCH3 is 1. The van der Waals surface area contributed by atoms with Gasteiger partial charge in [0.2, 0.25) is 0 Å². The van der Waals surface area contributed by atoms with E-state index in [1.807, 2.05) is 0 Å². The smallest absolute Gasteiger partial charge is 0.338 e. The molecule has 10 heteroatoms. The van der Waals surface area contributed by atoms with Crippen molar-refractivity contribution in [2.24, 2.45) is 5.73 Å². The number of thiazole rings is 1. The highest BCUT2D eigenvalue weighted by molar-refractivity contribution is 7.07. The Labute approximate surface area is 214 Å². The Kier molecular flexibility index (Phi) is 7.16. The molecule has 0 saturated heterocycles. The maximum absolute atomic E-state index is 13.4. The Bertz CT molecular complexity index is 1520. The van der Waals surface area contributed by atoms with Crippen molar-refractivity contribution in [3.63, 3.8) is 0 Å². The van der Waals surface area contributed by atoms with Gasteiger partial charge in [0.1, 0.15) is 10.5 Å². The van der Waals surface area contributed by atoms with Crippen LogP contribution in [-0.4, -0.2) is 30.2 Å². The third-order valence-electron chi connectivity index (χ3n) is 5.42. The number of ether oxygens (including phenoxy) is 2. The van der Waals surface area contributed by atoms with Crippen LogP contribution in [0.1, 0.15) is 24.0 Å². The molecular formula is C25H20Cl2N2O5S. The van der Waals surface area contributed by atoms with Gasteiger partial charge in [0.25, 0.3) is 5.56 Å². The molecular weight excluding hydrogens is 511 g/mol. The van der Waals surface area contributed by atoms with E-state index in [4.69, 9.17) is 38.4 Å². The van der Waals surface area contributed by atoms with Crippen molar-refractivity contribution >= 4 is 63.9 Å². The van der Waals surface area contributed by atoms with Gasteiger partial charge in [-0.2, -0.15) is 0 Å². The molecule has 35 heavy (non-hydrogen) atoms. The fourth-order valence-corrected chi connectivity index (χ4v) is 5.28. The summed E-state index contributed by atoms with van der Waals surface area (Å²) in [7, 11) is 1.23. The Morgan fingerprint density at radius 2 is 1.63 bits per heavy atom. The van der Waals surface area contributed by atoms with E-state index < -0.39 is 23.4 Å². The lowest BCUT2D eigenvalue weighted by Crippen LogP contribution is -2.41. The molecule has 0 amide bonds. The Morgan fingerprint density at radius 1 is 1.03 bits per heavy atom. The summed E-state index contributed by atoms with van der Waals surface area (Å²) in [5.41, 5.74) is 7.33. The van der Waals surface area contributed by atoms with E-state index in [-0.39, 0.29) is 28.2 Å². The van der Waals surface area contributed by atoms with Gasteiger partial charge >= 0.3 is 11.9 Å². The molecule has 180 valence electrons. The predicted octanol–water partition coefficient (Wildman–Crippen LogP) is 2.86. The number of benzene rings is 2. The topological polar surface area (TPSA) is 101 Å². The van der Waals surface area contributed by atoms with Gasteiger partial charge in [-0.05, 0) is 48.4 Å². The largest absolute Gasteiger partial charge is 0.466 e. The highest BCUT2D eigenvalue weighted by Crippen LogP contribution is 2.38. The average molecular weight is 531 g/mol. The quantitative estimate of drug-likeness (QED) is 0.509. The molecule has 7 nitrogen and oxygen atoms in total. The Hall–Kier alpha value is -3.33. The van der Waals surface area contributed by atoms with Crippen LogP contribution < -0.4 is 20.5 Å². The van der Waals surface area contributed by atoms with Gasteiger partial charge in [-0.1, -0.05) is 47.5 Å². The van der Waals surface area contributed by atoms with Gasteiger partial charge in [-0.15, -0.1) is 11.3 Å². The SMILES string of the molecule is CCOC(=O)C1=C(N)n2c(s/c(=C\c3ccc(Cl)cc3)c2=O)=C(C(=O)OC)[C@@H]1c1ccc(Cl)cc1. The monoisotopic (exact) mass is 530 g/mol. The molecule has 4 rings (SSSR count). The van der Waals surface area contributed by atoms with E-state index in [0.29, 0.717) is 20.1 Å². The summed E-state index contributed by atoms with van der Waals surface area (Å²) in [5, 5.41) is 1.04. The number of aromatic nitrogens is 1. The van der Waals surface area contributed by atoms with E-state index in [1.165, 1.54) is 7.11 Å². The maximum atomic E-state index is 13.4. The normalized spacial score (nSPS) is 15.7. The molecule has 1 aliphatic rings. The molecule has 2 heterocycles. The number of carbonyl (C=O) groups excluding carboxylic acids is 2. The molecule has 0 aliphatic carbocycles. The van der Waals surface area contributed by atoms with E-state index in [0.717, 1.165) is 21.5 Å². The van der Waals surface area contributed by atoms with Gasteiger partial charge in [0.05, 0.1) is 35.3 Å². The van der Waals surface area contributed by atoms with Crippen LogP contribution in [0.25, 0.3) is 17.5 Å². The molecule has 0 bridgehead atoms. The first-order valence-electron chi connectivity index (χ1n) is 10.5.